The molecule has 152 valence electrons. The van der Waals surface area contributed by atoms with E-state index in [0.717, 1.165) is 30.8 Å². The molecule has 0 saturated carbocycles. The maximum absolute atomic E-state index is 12.4. The van der Waals surface area contributed by atoms with Gasteiger partial charge in [-0.15, -0.1) is 11.8 Å². The van der Waals surface area contributed by atoms with Gasteiger partial charge in [0.25, 0.3) is 0 Å². The summed E-state index contributed by atoms with van der Waals surface area (Å²) in [5, 5.41) is 23.5. The summed E-state index contributed by atoms with van der Waals surface area (Å²) in [6, 6.07) is 0.141. The Balaban J connectivity index is 1.42. The van der Waals surface area contributed by atoms with Crippen LogP contribution in [0.1, 0.15) is 26.7 Å². The number of β-lactam (4-membered cyclic amide) rings is 1. The van der Waals surface area contributed by atoms with Gasteiger partial charge in [0.05, 0.1) is 24.4 Å². The quantitative estimate of drug-likeness (QED) is 0.577. The van der Waals surface area contributed by atoms with E-state index in [1.54, 1.807) is 24.9 Å². The molecular formula is C19H26N4O4S. The largest absolute Gasteiger partial charge is 0.477 e. The van der Waals surface area contributed by atoms with Crippen LogP contribution in [-0.4, -0.2) is 66.5 Å². The number of fused-ring (bicyclic) bond motifs is 1. The van der Waals surface area contributed by atoms with Crippen molar-refractivity contribution in [2.45, 2.75) is 56.7 Å². The van der Waals surface area contributed by atoms with Crippen LogP contribution in [-0.2, 0) is 16.1 Å². The Morgan fingerprint density at radius 2 is 2.29 bits per heavy atom. The van der Waals surface area contributed by atoms with Crippen molar-refractivity contribution in [3.05, 3.63) is 29.3 Å². The number of nitrogens with zero attached hydrogens (tertiary/aromatic N) is 3. The molecule has 3 aliphatic heterocycles. The fraction of sp³-hybridized carbons (Fsp3) is 0.632. The number of aliphatic carboxylic acids is 1. The first-order valence-corrected chi connectivity index (χ1v) is 10.6. The number of imidazole rings is 1. The third-order valence-electron chi connectivity index (χ3n) is 6.08. The first-order valence-electron chi connectivity index (χ1n) is 9.72. The lowest BCUT2D eigenvalue weighted by atomic mass is 9.79. The fourth-order valence-electron chi connectivity index (χ4n) is 4.67. The Morgan fingerprint density at radius 1 is 1.50 bits per heavy atom. The maximum Gasteiger partial charge on any atom is 0.353 e. The Labute approximate surface area is 168 Å². The second-order valence-corrected chi connectivity index (χ2v) is 9.28. The zero-order valence-electron chi connectivity index (χ0n) is 16.0. The first-order chi connectivity index (χ1) is 13.4. The highest BCUT2D eigenvalue weighted by atomic mass is 32.2. The number of carboxylic acid groups (broad SMARTS) is 1. The van der Waals surface area contributed by atoms with E-state index < -0.39 is 18.0 Å². The molecule has 9 heteroatoms. The highest BCUT2D eigenvalue weighted by Crippen LogP contribution is 2.51. The number of carboxylic acids is 1. The van der Waals surface area contributed by atoms with Crippen LogP contribution in [0, 0.1) is 11.8 Å². The Bertz CT molecular complexity index is 794. The third kappa shape index (κ3) is 3.25. The summed E-state index contributed by atoms with van der Waals surface area (Å²) < 4.78 is 2.05. The minimum absolute atomic E-state index is 0.0709. The van der Waals surface area contributed by atoms with E-state index in [9.17, 15) is 19.8 Å². The zero-order chi connectivity index (χ0) is 20.0. The van der Waals surface area contributed by atoms with Gasteiger partial charge in [-0.1, -0.05) is 6.92 Å². The van der Waals surface area contributed by atoms with Crippen LogP contribution in [0.3, 0.4) is 0 Å². The lowest BCUT2D eigenvalue weighted by Gasteiger charge is -2.46. The third-order valence-corrected chi connectivity index (χ3v) is 7.59. The zero-order valence-corrected chi connectivity index (χ0v) is 16.8. The van der Waals surface area contributed by atoms with Gasteiger partial charge in [0, 0.05) is 47.6 Å². The van der Waals surface area contributed by atoms with Crippen molar-refractivity contribution in [3.8, 4) is 0 Å². The number of aliphatic hydroxyl groups is 1. The van der Waals surface area contributed by atoms with Crippen molar-refractivity contribution in [2.24, 2.45) is 11.8 Å². The van der Waals surface area contributed by atoms with Gasteiger partial charge in [-0.25, -0.2) is 9.78 Å². The topological polar surface area (TPSA) is 108 Å². The van der Waals surface area contributed by atoms with Crippen LogP contribution in [0.25, 0.3) is 0 Å². The number of carbonyl (C=O) groups is 2. The predicted octanol–water partition coefficient (Wildman–Crippen LogP) is 0.891. The number of carbonyl (C=O) groups excluding carboxylic acids is 1. The van der Waals surface area contributed by atoms with E-state index in [0.29, 0.717) is 6.04 Å². The maximum atomic E-state index is 12.4. The molecule has 1 aromatic rings. The number of amides is 1. The van der Waals surface area contributed by atoms with Crippen molar-refractivity contribution in [3.63, 3.8) is 0 Å². The van der Waals surface area contributed by atoms with Crippen molar-refractivity contribution in [1.29, 1.82) is 0 Å². The molecule has 1 amide bonds. The molecule has 0 spiro atoms. The summed E-state index contributed by atoms with van der Waals surface area (Å²) in [7, 11) is 0. The van der Waals surface area contributed by atoms with Gasteiger partial charge < -0.3 is 25.0 Å². The van der Waals surface area contributed by atoms with Gasteiger partial charge >= 0.3 is 5.97 Å². The number of aryl methyl sites for hydroxylation is 1. The van der Waals surface area contributed by atoms with Gasteiger partial charge in [-0.3, -0.25) is 4.79 Å². The second kappa shape index (κ2) is 7.53. The Hall–Kier alpha value is -1.84. The highest BCUT2D eigenvalue weighted by Gasteiger charge is 2.60. The molecule has 6 atom stereocenters. The molecule has 2 fully saturated rings. The van der Waals surface area contributed by atoms with Crippen molar-refractivity contribution >= 4 is 23.6 Å². The number of thioether (sulfide) groups is 1. The van der Waals surface area contributed by atoms with E-state index in [1.165, 1.54) is 4.90 Å². The van der Waals surface area contributed by atoms with E-state index in [2.05, 4.69) is 14.9 Å². The van der Waals surface area contributed by atoms with Crippen molar-refractivity contribution in [1.82, 2.24) is 19.8 Å². The van der Waals surface area contributed by atoms with E-state index in [4.69, 9.17) is 0 Å². The number of hydrogen-bond donors (Lipinski definition) is 3. The van der Waals surface area contributed by atoms with Crippen molar-refractivity contribution < 1.29 is 19.8 Å². The molecule has 0 bridgehead atoms. The monoisotopic (exact) mass is 406 g/mol. The van der Waals surface area contributed by atoms with E-state index >= 15 is 0 Å². The smallest absolute Gasteiger partial charge is 0.353 e. The summed E-state index contributed by atoms with van der Waals surface area (Å²) in [6.07, 6.45) is 6.71. The molecule has 0 aromatic carbocycles. The molecular weight excluding hydrogens is 380 g/mol. The van der Waals surface area contributed by atoms with E-state index in [-0.39, 0.29) is 28.8 Å². The molecule has 4 heterocycles. The predicted molar refractivity (Wildman–Crippen MR) is 104 cm³/mol. The van der Waals surface area contributed by atoms with Gasteiger partial charge in [-0.2, -0.15) is 0 Å². The Kier molecular flexibility index (Phi) is 5.24. The van der Waals surface area contributed by atoms with Gasteiger partial charge in [0.2, 0.25) is 5.91 Å². The molecule has 3 aliphatic rings. The minimum Gasteiger partial charge on any atom is -0.477 e. The average Bonchev–Trinajstić information content (AvgIpc) is 3.34. The van der Waals surface area contributed by atoms with Gasteiger partial charge in [0.15, 0.2) is 0 Å². The molecule has 0 aliphatic carbocycles. The van der Waals surface area contributed by atoms with E-state index in [1.807, 2.05) is 19.4 Å². The highest BCUT2D eigenvalue weighted by molar-refractivity contribution is 8.03. The van der Waals surface area contributed by atoms with Crippen molar-refractivity contribution in [2.75, 3.05) is 6.54 Å². The van der Waals surface area contributed by atoms with Gasteiger partial charge in [0.1, 0.15) is 5.70 Å². The van der Waals surface area contributed by atoms with Crippen LogP contribution in [0.4, 0.5) is 0 Å². The number of hydrogen-bond acceptors (Lipinski definition) is 6. The van der Waals surface area contributed by atoms with Crippen LogP contribution >= 0.6 is 11.8 Å². The summed E-state index contributed by atoms with van der Waals surface area (Å²) >= 11 is 1.59. The molecule has 2 saturated heterocycles. The average molecular weight is 407 g/mol. The summed E-state index contributed by atoms with van der Waals surface area (Å²) in [5.41, 5.74) is 0.117. The normalized spacial score (nSPS) is 33.2. The SMILES string of the molecule is C[C@@H](O)[C@H]1C(=O)N2C(C(=O)O)=C(S[C@@H]3CN[C@H](CCn4ccnc4)C3)[C@H](C)[C@H]12. The first kappa shape index (κ1) is 19.5. The molecule has 0 unspecified atom stereocenters. The van der Waals surface area contributed by atoms with Crippen LogP contribution < -0.4 is 5.32 Å². The van der Waals surface area contributed by atoms with Crippen LogP contribution in [0.2, 0.25) is 0 Å². The number of nitrogens with one attached hydrogen (secondary N) is 1. The molecule has 4 rings (SSSR count). The molecule has 28 heavy (non-hydrogen) atoms. The minimum atomic E-state index is -1.06. The fourth-order valence-corrected chi connectivity index (χ4v) is 6.19. The Morgan fingerprint density at radius 3 is 2.93 bits per heavy atom. The second-order valence-electron chi connectivity index (χ2n) is 7.94. The summed E-state index contributed by atoms with van der Waals surface area (Å²) in [4.78, 5) is 30.5. The number of aromatic nitrogens is 2. The number of aliphatic hydroxyl groups excluding tert-OH is 1. The molecule has 0 radical (unpaired) electrons. The lowest BCUT2D eigenvalue weighted by molar-refractivity contribution is -0.163. The molecule has 8 nitrogen and oxygen atoms in total. The summed E-state index contributed by atoms with van der Waals surface area (Å²) in [5.74, 6) is -1.91. The van der Waals surface area contributed by atoms with Gasteiger partial charge in [-0.05, 0) is 19.8 Å². The van der Waals surface area contributed by atoms with Crippen LogP contribution in [0.15, 0.2) is 29.3 Å². The van der Waals surface area contributed by atoms with Crippen LogP contribution in [0.5, 0.6) is 0 Å². The summed E-state index contributed by atoms with van der Waals surface area (Å²) in [6.45, 7) is 5.29. The standard InChI is InChI=1S/C19H26N4O4S/c1-10-15-14(11(2)24)18(25)23(15)16(19(26)27)17(10)28-13-7-12(21-8-13)3-5-22-6-4-20-9-22/h4,6,9-15,21,24H,3,5,7-8H2,1-2H3,(H,26,27)/t10-,11-,12-,13+,14-,15-/m1/s1. The molecule has 1 aromatic heterocycles. The lowest BCUT2D eigenvalue weighted by Crippen LogP contribution is -2.63. The molecule has 3 N–H and O–H groups in total. The number of rotatable bonds is 7.